The summed E-state index contributed by atoms with van der Waals surface area (Å²) in [7, 11) is 0. The maximum Gasteiger partial charge on any atom is 0.315 e. The number of nitrogens with one attached hydrogen (secondary N) is 2. The van der Waals surface area contributed by atoms with Crippen molar-refractivity contribution < 1.29 is 14.7 Å². The molecule has 2 amide bonds. The average molecular weight is 361 g/mol. The van der Waals surface area contributed by atoms with E-state index < -0.39 is 5.97 Å². The van der Waals surface area contributed by atoms with Crippen LogP contribution in [0.1, 0.15) is 42.1 Å². The molecule has 25 heavy (non-hydrogen) atoms. The van der Waals surface area contributed by atoms with E-state index in [0.717, 1.165) is 16.3 Å². The SMILES string of the molecule is Cc1csc(C(C)NC(=O)NC(CCC(=O)O)Cc2ccccc2)n1. The number of aryl methyl sites for hydroxylation is 1. The van der Waals surface area contributed by atoms with Crippen molar-refractivity contribution in [3.63, 3.8) is 0 Å². The molecule has 7 heteroatoms. The first-order valence-electron chi connectivity index (χ1n) is 8.19. The number of carboxylic acids is 1. The zero-order chi connectivity index (χ0) is 18.2. The van der Waals surface area contributed by atoms with Crippen molar-refractivity contribution in [1.29, 1.82) is 0 Å². The first-order valence-corrected chi connectivity index (χ1v) is 9.06. The van der Waals surface area contributed by atoms with E-state index in [4.69, 9.17) is 5.11 Å². The third-order valence-corrected chi connectivity index (χ3v) is 4.87. The van der Waals surface area contributed by atoms with Gasteiger partial charge in [-0.3, -0.25) is 4.79 Å². The van der Waals surface area contributed by atoms with Gasteiger partial charge in [-0.1, -0.05) is 30.3 Å². The number of urea groups is 1. The fraction of sp³-hybridized carbons (Fsp3) is 0.389. The lowest BCUT2D eigenvalue weighted by molar-refractivity contribution is -0.137. The Labute approximate surface area is 151 Å². The molecule has 3 N–H and O–H groups in total. The summed E-state index contributed by atoms with van der Waals surface area (Å²) in [5.74, 6) is -0.869. The van der Waals surface area contributed by atoms with Gasteiger partial charge >= 0.3 is 12.0 Å². The van der Waals surface area contributed by atoms with Gasteiger partial charge in [-0.05, 0) is 32.3 Å². The van der Waals surface area contributed by atoms with Gasteiger partial charge in [-0.25, -0.2) is 9.78 Å². The fourth-order valence-corrected chi connectivity index (χ4v) is 3.28. The molecule has 6 nitrogen and oxygen atoms in total. The molecule has 2 aromatic rings. The number of carbonyl (C=O) groups excluding carboxylic acids is 1. The molecule has 0 aliphatic rings. The number of aromatic nitrogens is 1. The second kappa shape index (κ2) is 9.17. The van der Waals surface area contributed by atoms with E-state index in [2.05, 4.69) is 15.6 Å². The molecule has 2 rings (SSSR count). The molecule has 2 atom stereocenters. The highest BCUT2D eigenvalue weighted by Crippen LogP contribution is 2.17. The van der Waals surface area contributed by atoms with E-state index in [-0.39, 0.29) is 24.5 Å². The molecule has 1 heterocycles. The summed E-state index contributed by atoms with van der Waals surface area (Å²) in [4.78, 5) is 27.5. The van der Waals surface area contributed by atoms with Crippen LogP contribution in [0.4, 0.5) is 4.79 Å². The lowest BCUT2D eigenvalue weighted by atomic mass is 10.0. The minimum absolute atomic E-state index is 0.0129. The van der Waals surface area contributed by atoms with Crippen LogP contribution in [0.15, 0.2) is 35.7 Å². The molecule has 2 unspecified atom stereocenters. The van der Waals surface area contributed by atoms with Crippen molar-refractivity contribution in [1.82, 2.24) is 15.6 Å². The average Bonchev–Trinajstić information content (AvgIpc) is 3.00. The van der Waals surface area contributed by atoms with Crippen LogP contribution in [0.25, 0.3) is 0 Å². The van der Waals surface area contributed by atoms with Crippen molar-refractivity contribution in [3.05, 3.63) is 52.0 Å². The molecule has 0 aliphatic carbocycles. The Morgan fingerprint density at radius 2 is 1.96 bits per heavy atom. The minimum Gasteiger partial charge on any atom is -0.481 e. The number of aliphatic carboxylic acids is 1. The van der Waals surface area contributed by atoms with Crippen LogP contribution in [0, 0.1) is 6.92 Å². The van der Waals surface area contributed by atoms with E-state index in [1.54, 1.807) is 0 Å². The molecule has 0 spiro atoms. The molecular weight excluding hydrogens is 338 g/mol. The van der Waals surface area contributed by atoms with Crippen molar-refractivity contribution in [2.75, 3.05) is 0 Å². The van der Waals surface area contributed by atoms with Crippen LogP contribution >= 0.6 is 11.3 Å². The first kappa shape index (κ1) is 18.9. The Bertz CT molecular complexity index is 703. The van der Waals surface area contributed by atoms with Gasteiger partial charge in [0.1, 0.15) is 5.01 Å². The molecule has 0 saturated carbocycles. The summed E-state index contributed by atoms with van der Waals surface area (Å²) < 4.78 is 0. The normalized spacial score (nSPS) is 13.0. The lowest BCUT2D eigenvalue weighted by Gasteiger charge is -2.20. The predicted molar refractivity (Wildman–Crippen MR) is 97.7 cm³/mol. The van der Waals surface area contributed by atoms with E-state index >= 15 is 0 Å². The zero-order valence-corrected chi connectivity index (χ0v) is 15.2. The summed E-state index contributed by atoms with van der Waals surface area (Å²) in [6.07, 6.45) is 0.980. The van der Waals surface area contributed by atoms with Crippen LogP contribution in [-0.2, 0) is 11.2 Å². The maximum absolute atomic E-state index is 12.3. The van der Waals surface area contributed by atoms with Crippen LogP contribution in [0.2, 0.25) is 0 Å². The summed E-state index contributed by atoms with van der Waals surface area (Å²) in [6.45, 7) is 3.79. The monoisotopic (exact) mass is 361 g/mol. The van der Waals surface area contributed by atoms with Gasteiger partial charge in [-0.15, -0.1) is 11.3 Å². The number of hydrogen-bond acceptors (Lipinski definition) is 4. The number of nitrogens with zero attached hydrogens (tertiary/aromatic N) is 1. The molecule has 0 fully saturated rings. The maximum atomic E-state index is 12.3. The molecule has 0 saturated heterocycles. The van der Waals surface area contributed by atoms with Gasteiger partial charge in [-0.2, -0.15) is 0 Å². The van der Waals surface area contributed by atoms with Crippen LogP contribution in [0.5, 0.6) is 0 Å². The number of thiazole rings is 1. The zero-order valence-electron chi connectivity index (χ0n) is 14.4. The number of carboxylic acid groups (broad SMARTS) is 1. The number of hydrogen-bond donors (Lipinski definition) is 3. The number of benzene rings is 1. The quantitative estimate of drug-likeness (QED) is 0.673. The molecule has 0 aliphatic heterocycles. The highest BCUT2D eigenvalue weighted by atomic mass is 32.1. The van der Waals surface area contributed by atoms with Crippen LogP contribution < -0.4 is 10.6 Å². The molecule has 0 radical (unpaired) electrons. The smallest absolute Gasteiger partial charge is 0.315 e. The summed E-state index contributed by atoms with van der Waals surface area (Å²) >= 11 is 1.50. The van der Waals surface area contributed by atoms with Gasteiger partial charge in [0.15, 0.2) is 0 Å². The molecule has 134 valence electrons. The minimum atomic E-state index is -0.869. The third-order valence-electron chi connectivity index (χ3n) is 3.72. The van der Waals surface area contributed by atoms with Crippen LogP contribution in [0.3, 0.4) is 0 Å². The number of rotatable bonds is 8. The Balaban J connectivity index is 1.94. The van der Waals surface area contributed by atoms with Gasteiger partial charge in [0, 0.05) is 23.5 Å². The summed E-state index contributed by atoms with van der Waals surface area (Å²) in [5, 5.41) is 17.5. The fourth-order valence-electron chi connectivity index (χ4n) is 2.48. The largest absolute Gasteiger partial charge is 0.481 e. The van der Waals surface area contributed by atoms with E-state index in [0.29, 0.717) is 12.8 Å². The summed E-state index contributed by atoms with van der Waals surface area (Å²) in [5.41, 5.74) is 1.99. The highest BCUT2D eigenvalue weighted by molar-refractivity contribution is 7.09. The van der Waals surface area contributed by atoms with Crippen LogP contribution in [-0.4, -0.2) is 28.1 Å². The van der Waals surface area contributed by atoms with Crippen molar-refractivity contribution >= 4 is 23.3 Å². The van der Waals surface area contributed by atoms with Crippen molar-refractivity contribution in [2.45, 2.75) is 45.2 Å². The Hall–Kier alpha value is -2.41. The molecule has 0 bridgehead atoms. The number of carbonyl (C=O) groups is 2. The van der Waals surface area contributed by atoms with Gasteiger partial charge < -0.3 is 15.7 Å². The second-order valence-electron chi connectivity index (χ2n) is 5.99. The Morgan fingerprint density at radius 1 is 1.24 bits per heavy atom. The highest BCUT2D eigenvalue weighted by Gasteiger charge is 2.17. The van der Waals surface area contributed by atoms with E-state index in [9.17, 15) is 9.59 Å². The first-order chi connectivity index (χ1) is 11.9. The summed E-state index contributed by atoms with van der Waals surface area (Å²) in [6, 6.07) is 8.95. The standard InChI is InChI=1S/C18H23N3O3S/c1-12-11-25-17(19-12)13(2)20-18(24)21-15(8-9-16(22)23)10-14-6-4-3-5-7-14/h3-7,11,13,15H,8-10H2,1-2H3,(H,22,23)(H2,20,21,24). The molecular formula is C18H23N3O3S. The third kappa shape index (κ3) is 6.54. The Morgan fingerprint density at radius 3 is 2.56 bits per heavy atom. The topological polar surface area (TPSA) is 91.3 Å². The Kier molecular flexibility index (Phi) is 6.94. The lowest BCUT2D eigenvalue weighted by Crippen LogP contribution is -2.44. The van der Waals surface area contributed by atoms with E-state index in [1.807, 2.05) is 49.6 Å². The number of amides is 2. The van der Waals surface area contributed by atoms with Crippen molar-refractivity contribution in [3.8, 4) is 0 Å². The predicted octanol–water partition coefficient (Wildman–Crippen LogP) is 3.29. The molecule has 1 aromatic carbocycles. The van der Waals surface area contributed by atoms with Crippen molar-refractivity contribution in [2.24, 2.45) is 0 Å². The van der Waals surface area contributed by atoms with E-state index in [1.165, 1.54) is 11.3 Å². The second-order valence-corrected chi connectivity index (χ2v) is 6.88. The van der Waals surface area contributed by atoms with Gasteiger partial charge in [0.2, 0.25) is 0 Å². The molecule has 1 aromatic heterocycles. The van der Waals surface area contributed by atoms with Gasteiger partial charge in [0.05, 0.1) is 6.04 Å². The van der Waals surface area contributed by atoms with Gasteiger partial charge in [0.25, 0.3) is 0 Å².